The van der Waals surface area contributed by atoms with Crippen LogP contribution in [-0.2, 0) is 9.47 Å². The molecule has 1 saturated carbocycles. The van der Waals surface area contributed by atoms with E-state index in [0.29, 0.717) is 13.2 Å². The van der Waals surface area contributed by atoms with E-state index in [9.17, 15) is 0 Å². The second-order valence-corrected chi connectivity index (χ2v) is 4.88. The van der Waals surface area contributed by atoms with Crippen molar-refractivity contribution >= 4 is 29.9 Å². The molecule has 1 aliphatic rings. The van der Waals surface area contributed by atoms with Gasteiger partial charge < -0.3 is 20.1 Å². The molecule has 1 aliphatic carbocycles. The number of methoxy groups -OCH3 is 1. The first-order valence-corrected chi connectivity index (χ1v) is 7.45. The number of halogens is 1. The highest BCUT2D eigenvalue weighted by Gasteiger charge is 2.20. The minimum Gasteiger partial charge on any atom is -0.382 e. The highest BCUT2D eigenvalue weighted by Crippen LogP contribution is 2.31. The predicted octanol–water partition coefficient (Wildman–Crippen LogP) is 2.01. The third-order valence-corrected chi connectivity index (χ3v) is 3.03. The minimum absolute atomic E-state index is 0. The van der Waals surface area contributed by atoms with Crippen LogP contribution < -0.4 is 10.6 Å². The molecule has 0 spiro atoms. The van der Waals surface area contributed by atoms with Gasteiger partial charge in [-0.3, -0.25) is 4.99 Å². The van der Waals surface area contributed by atoms with Gasteiger partial charge in [0.15, 0.2) is 5.96 Å². The van der Waals surface area contributed by atoms with Crippen LogP contribution in [0.25, 0.3) is 0 Å². The zero-order valence-electron chi connectivity index (χ0n) is 12.8. The monoisotopic (exact) mass is 399 g/mol. The van der Waals surface area contributed by atoms with E-state index < -0.39 is 0 Å². The topological polar surface area (TPSA) is 54.9 Å². The maximum absolute atomic E-state index is 5.40. The summed E-state index contributed by atoms with van der Waals surface area (Å²) in [6.45, 7) is 6.89. The van der Waals surface area contributed by atoms with Gasteiger partial charge in [0, 0.05) is 33.4 Å². The van der Waals surface area contributed by atoms with E-state index in [1.807, 2.05) is 0 Å². The molecule has 0 radical (unpaired) electrons. The van der Waals surface area contributed by atoms with E-state index in [0.717, 1.165) is 44.5 Å². The van der Waals surface area contributed by atoms with Crippen molar-refractivity contribution in [2.75, 3.05) is 46.6 Å². The summed E-state index contributed by atoms with van der Waals surface area (Å²) in [6.07, 6.45) is 5.04. The molecule has 0 unspecified atom stereocenters. The minimum atomic E-state index is 0. The van der Waals surface area contributed by atoms with Gasteiger partial charge in [0.2, 0.25) is 0 Å². The molecule has 120 valence electrons. The maximum Gasteiger partial charge on any atom is 0.191 e. The van der Waals surface area contributed by atoms with Crippen molar-refractivity contribution in [2.24, 2.45) is 10.9 Å². The molecular weight excluding hydrogens is 369 g/mol. The van der Waals surface area contributed by atoms with Crippen LogP contribution in [0.15, 0.2) is 4.99 Å². The molecule has 20 heavy (non-hydrogen) atoms. The Morgan fingerprint density at radius 1 is 1.20 bits per heavy atom. The first-order chi connectivity index (χ1) is 9.36. The number of guanidine groups is 1. The van der Waals surface area contributed by atoms with Crippen molar-refractivity contribution in [3.05, 3.63) is 0 Å². The highest BCUT2D eigenvalue weighted by molar-refractivity contribution is 14.0. The fourth-order valence-corrected chi connectivity index (χ4v) is 1.74. The molecule has 0 bridgehead atoms. The average molecular weight is 399 g/mol. The normalized spacial score (nSPS) is 14.8. The second-order valence-electron chi connectivity index (χ2n) is 4.88. The van der Waals surface area contributed by atoms with Gasteiger partial charge >= 0.3 is 0 Å². The molecule has 0 aliphatic heterocycles. The summed E-state index contributed by atoms with van der Waals surface area (Å²) in [5, 5.41) is 6.65. The Balaban J connectivity index is 0.00000361. The van der Waals surface area contributed by atoms with Gasteiger partial charge in [-0.1, -0.05) is 12.8 Å². The number of rotatable bonds is 11. The first-order valence-electron chi connectivity index (χ1n) is 7.45. The largest absolute Gasteiger partial charge is 0.382 e. The number of ether oxygens (including phenoxy) is 2. The second kappa shape index (κ2) is 13.9. The van der Waals surface area contributed by atoms with E-state index in [4.69, 9.17) is 9.47 Å². The summed E-state index contributed by atoms with van der Waals surface area (Å²) in [7, 11) is 1.68. The van der Waals surface area contributed by atoms with Crippen molar-refractivity contribution in [3.63, 3.8) is 0 Å². The van der Waals surface area contributed by atoms with Crippen LogP contribution in [0, 0.1) is 5.92 Å². The van der Waals surface area contributed by atoms with Crippen molar-refractivity contribution in [3.8, 4) is 0 Å². The molecule has 0 heterocycles. The smallest absolute Gasteiger partial charge is 0.191 e. The Labute approximate surface area is 140 Å². The van der Waals surface area contributed by atoms with E-state index in [2.05, 4.69) is 22.5 Å². The Hall–Kier alpha value is -0.0800. The van der Waals surface area contributed by atoms with Crippen LogP contribution in [0.3, 0.4) is 0 Å². The van der Waals surface area contributed by atoms with Gasteiger partial charge in [-0.15, -0.1) is 24.0 Å². The third-order valence-electron chi connectivity index (χ3n) is 3.03. The zero-order chi connectivity index (χ0) is 13.8. The standard InChI is InChI=1S/C14H29N3O2.HI/c1-3-15-14(17-9-7-13-5-6-13)16-8-4-10-19-12-11-18-2;/h13H,3-12H2,1-2H3,(H2,15,16,17);1H. The number of hydrogen-bond donors (Lipinski definition) is 2. The molecule has 1 rings (SSSR count). The lowest BCUT2D eigenvalue weighted by Gasteiger charge is -2.11. The maximum atomic E-state index is 5.40. The van der Waals surface area contributed by atoms with E-state index >= 15 is 0 Å². The molecule has 0 aromatic heterocycles. The van der Waals surface area contributed by atoms with Gasteiger partial charge in [-0.25, -0.2) is 0 Å². The molecule has 1 fully saturated rings. The number of hydrogen-bond acceptors (Lipinski definition) is 3. The Morgan fingerprint density at radius 3 is 2.65 bits per heavy atom. The van der Waals surface area contributed by atoms with Crippen LogP contribution in [0.4, 0.5) is 0 Å². The molecule has 0 saturated heterocycles. The lowest BCUT2D eigenvalue weighted by atomic mass is 10.3. The quantitative estimate of drug-likeness (QED) is 0.242. The van der Waals surface area contributed by atoms with Crippen molar-refractivity contribution in [1.29, 1.82) is 0 Å². The van der Waals surface area contributed by atoms with Gasteiger partial charge in [-0.2, -0.15) is 0 Å². The van der Waals surface area contributed by atoms with Crippen LogP contribution in [0.2, 0.25) is 0 Å². The van der Waals surface area contributed by atoms with E-state index in [1.165, 1.54) is 19.3 Å². The summed E-state index contributed by atoms with van der Waals surface area (Å²) in [6, 6.07) is 0. The Morgan fingerprint density at radius 2 is 2.00 bits per heavy atom. The molecule has 5 nitrogen and oxygen atoms in total. The molecule has 6 heteroatoms. The Bertz CT molecular complexity index is 249. The van der Waals surface area contributed by atoms with Crippen molar-refractivity contribution in [2.45, 2.75) is 32.6 Å². The zero-order valence-corrected chi connectivity index (χ0v) is 15.2. The molecule has 0 aromatic rings. The summed E-state index contributed by atoms with van der Waals surface area (Å²) >= 11 is 0. The summed E-state index contributed by atoms with van der Waals surface area (Å²) in [5.74, 6) is 1.89. The molecule has 0 amide bonds. The van der Waals surface area contributed by atoms with Crippen molar-refractivity contribution < 1.29 is 9.47 Å². The van der Waals surface area contributed by atoms with Crippen LogP contribution >= 0.6 is 24.0 Å². The van der Waals surface area contributed by atoms with Crippen LogP contribution in [0.1, 0.15) is 32.6 Å². The third kappa shape index (κ3) is 11.7. The predicted molar refractivity (Wildman–Crippen MR) is 94.0 cm³/mol. The lowest BCUT2D eigenvalue weighted by Crippen LogP contribution is -2.38. The van der Waals surface area contributed by atoms with E-state index in [1.54, 1.807) is 7.11 Å². The first kappa shape index (κ1) is 19.9. The highest BCUT2D eigenvalue weighted by atomic mass is 127. The van der Waals surface area contributed by atoms with Crippen LogP contribution in [-0.4, -0.2) is 52.5 Å². The fraction of sp³-hybridized carbons (Fsp3) is 0.929. The molecule has 2 N–H and O–H groups in total. The molecular formula is C14H30IN3O2. The molecule has 0 atom stereocenters. The Kier molecular flexibility index (Phi) is 13.8. The SMILES string of the molecule is CCNC(=NCCCOCCOC)NCCC1CC1.I. The number of nitrogens with one attached hydrogen (secondary N) is 2. The van der Waals surface area contributed by atoms with Gasteiger partial charge in [0.05, 0.1) is 13.2 Å². The van der Waals surface area contributed by atoms with Crippen LogP contribution in [0.5, 0.6) is 0 Å². The van der Waals surface area contributed by atoms with Crippen molar-refractivity contribution in [1.82, 2.24) is 10.6 Å². The summed E-state index contributed by atoms with van der Waals surface area (Å²) < 4.78 is 10.3. The fourth-order valence-electron chi connectivity index (χ4n) is 1.74. The number of nitrogens with zero attached hydrogens (tertiary/aromatic N) is 1. The van der Waals surface area contributed by atoms with E-state index in [-0.39, 0.29) is 24.0 Å². The summed E-state index contributed by atoms with van der Waals surface area (Å²) in [4.78, 5) is 4.53. The average Bonchev–Trinajstić information content (AvgIpc) is 3.22. The number of aliphatic imine (C=N–C) groups is 1. The van der Waals surface area contributed by atoms with Gasteiger partial charge in [0.25, 0.3) is 0 Å². The van der Waals surface area contributed by atoms with Gasteiger partial charge in [0.1, 0.15) is 0 Å². The summed E-state index contributed by atoms with van der Waals surface area (Å²) in [5.41, 5.74) is 0. The molecule has 0 aromatic carbocycles. The van der Waals surface area contributed by atoms with Gasteiger partial charge in [-0.05, 0) is 25.7 Å². The lowest BCUT2D eigenvalue weighted by molar-refractivity contribution is 0.0702.